The summed E-state index contributed by atoms with van der Waals surface area (Å²) < 4.78 is 5.05. The van der Waals surface area contributed by atoms with Crippen LogP contribution in [0.4, 0.5) is 0 Å². The van der Waals surface area contributed by atoms with Crippen LogP contribution in [0.1, 0.15) is 25.8 Å². The van der Waals surface area contributed by atoms with E-state index in [1.807, 2.05) is 13.8 Å². The SMILES string of the molecule is COc1ccc(C(O)=C2C(=O)CCN(C(C)C)C2=O)cc1. The fraction of sp³-hybridized carbons (Fsp3) is 0.375. The number of carbonyl (C=O) groups is 2. The van der Waals surface area contributed by atoms with Gasteiger partial charge < -0.3 is 14.7 Å². The smallest absolute Gasteiger partial charge is 0.261 e. The van der Waals surface area contributed by atoms with Crippen LogP contribution in [-0.4, -0.2) is 41.4 Å². The molecule has 112 valence electrons. The van der Waals surface area contributed by atoms with Crippen molar-refractivity contribution >= 4 is 17.4 Å². The van der Waals surface area contributed by atoms with Crippen molar-refractivity contribution < 1.29 is 19.4 Å². The van der Waals surface area contributed by atoms with E-state index in [9.17, 15) is 14.7 Å². The Labute approximate surface area is 123 Å². The zero-order valence-corrected chi connectivity index (χ0v) is 12.4. The molecule has 1 aliphatic heterocycles. The normalized spacial score (nSPS) is 18.2. The molecule has 0 bridgehead atoms. The molecule has 1 heterocycles. The Balaban J connectivity index is 2.42. The maximum atomic E-state index is 12.4. The van der Waals surface area contributed by atoms with Gasteiger partial charge in [-0.1, -0.05) is 0 Å². The first-order valence-electron chi connectivity index (χ1n) is 6.87. The molecular formula is C16H19NO4. The van der Waals surface area contributed by atoms with E-state index in [4.69, 9.17) is 4.74 Å². The molecule has 2 rings (SSSR count). The third kappa shape index (κ3) is 2.91. The first kappa shape index (κ1) is 15.1. The number of benzene rings is 1. The predicted octanol–water partition coefficient (Wildman–Crippen LogP) is 2.17. The molecule has 1 amide bonds. The quantitative estimate of drug-likeness (QED) is 0.526. The van der Waals surface area contributed by atoms with Crippen LogP contribution < -0.4 is 4.74 Å². The average molecular weight is 289 g/mol. The Morgan fingerprint density at radius 3 is 2.38 bits per heavy atom. The highest BCUT2D eigenvalue weighted by Crippen LogP contribution is 2.25. The minimum absolute atomic E-state index is 0.00994. The molecule has 0 unspecified atom stereocenters. The highest BCUT2D eigenvalue weighted by atomic mass is 16.5. The van der Waals surface area contributed by atoms with Gasteiger partial charge in [0.25, 0.3) is 5.91 Å². The van der Waals surface area contributed by atoms with E-state index in [1.54, 1.807) is 36.3 Å². The lowest BCUT2D eigenvalue weighted by Crippen LogP contribution is -2.45. The second-order valence-electron chi connectivity index (χ2n) is 5.22. The summed E-state index contributed by atoms with van der Waals surface area (Å²) >= 11 is 0. The number of piperidine rings is 1. The van der Waals surface area contributed by atoms with Gasteiger partial charge >= 0.3 is 0 Å². The van der Waals surface area contributed by atoms with Crippen molar-refractivity contribution in [3.8, 4) is 5.75 Å². The molecule has 5 heteroatoms. The van der Waals surface area contributed by atoms with Crippen LogP contribution in [0.5, 0.6) is 5.75 Å². The van der Waals surface area contributed by atoms with E-state index < -0.39 is 5.91 Å². The number of nitrogens with zero attached hydrogens (tertiary/aromatic N) is 1. The number of ether oxygens (including phenoxy) is 1. The molecule has 21 heavy (non-hydrogen) atoms. The van der Waals surface area contributed by atoms with Crippen LogP contribution in [0.2, 0.25) is 0 Å². The van der Waals surface area contributed by atoms with Crippen molar-refractivity contribution in [3.63, 3.8) is 0 Å². The van der Waals surface area contributed by atoms with Gasteiger partial charge in [-0.3, -0.25) is 9.59 Å². The molecule has 1 saturated heterocycles. The number of amides is 1. The number of hydrogen-bond acceptors (Lipinski definition) is 4. The molecule has 0 aromatic heterocycles. The fourth-order valence-electron chi connectivity index (χ4n) is 2.33. The Bertz CT molecular complexity index is 587. The van der Waals surface area contributed by atoms with Gasteiger partial charge in [0.1, 0.15) is 17.1 Å². The van der Waals surface area contributed by atoms with Crippen LogP contribution in [-0.2, 0) is 9.59 Å². The van der Waals surface area contributed by atoms with Gasteiger partial charge in [-0.15, -0.1) is 0 Å². The molecule has 0 spiro atoms. The summed E-state index contributed by atoms with van der Waals surface area (Å²) in [6.45, 7) is 4.17. The standard InChI is InChI=1S/C16H19NO4/c1-10(2)17-9-8-13(18)14(16(17)20)15(19)11-4-6-12(21-3)7-5-11/h4-7,10,19H,8-9H2,1-3H3. The lowest BCUT2D eigenvalue weighted by molar-refractivity contribution is -0.134. The molecule has 0 saturated carbocycles. The zero-order chi connectivity index (χ0) is 15.6. The topological polar surface area (TPSA) is 66.8 Å². The Kier molecular flexibility index (Phi) is 4.31. The van der Waals surface area contributed by atoms with Gasteiger partial charge in [0.15, 0.2) is 5.78 Å². The second-order valence-corrected chi connectivity index (χ2v) is 5.22. The van der Waals surface area contributed by atoms with Gasteiger partial charge in [-0.05, 0) is 38.1 Å². The molecule has 1 aromatic carbocycles. The lowest BCUT2D eigenvalue weighted by atomic mass is 9.97. The number of rotatable bonds is 3. The van der Waals surface area contributed by atoms with Gasteiger partial charge in [0.05, 0.1) is 7.11 Å². The summed E-state index contributed by atoms with van der Waals surface area (Å²) in [4.78, 5) is 26.0. The van der Waals surface area contributed by atoms with Crippen molar-refractivity contribution in [1.29, 1.82) is 0 Å². The van der Waals surface area contributed by atoms with Crippen LogP contribution in [0.25, 0.3) is 5.76 Å². The van der Waals surface area contributed by atoms with Crippen LogP contribution in [0.15, 0.2) is 29.8 Å². The average Bonchev–Trinajstić information content (AvgIpc) is 2.46. The van der Waals surface area contributed by atoms with Crippen molar-refractivity contribution in [3.05, 3.63) is 35.4 Å². The summed E-state index contributed by atoms with van der Waals surface area (Å²) in [5.74, 6) is -0.348. The van der Waals surface area contributed by atoms with E-state index in [0.29, 0.717) is 17.9 Å². The van der Waals surface area contributed by atoms with E-state index in [2.05, 4.69) is 0 Å². The number of carbonyl (C=O) groups excluding carboxylic acids is 2. The lowest BCUT2D eigenvalue weighted by Gasteiger charge is -2.31. The van der Waals surface area contributed by atoms with Crippen molar-refractivity contribution in [2.75, 3.05) is 13.7 Å². The zero-order valence-electron chi connectivity index (χ0n) is 12.4. The molecule has 0 atom stereocenters. The van der Waals surface area contributed by atoms with Gasteiger partial charge in [0, 0.05) is 24.6 Å². The molecule has 0 radical (unpaired) electrons. The van der Waals surface area contributed by atoms with Crippen molar-refractivity contribution in [2.24, 2.45) is 0 Å². The maximum Gasteiger partial charge on any atom is 0.261 e. The molecule has 0 aliphatic carbocycles. The Hall–Kier alpha value is -2.30. The van der Waals surface area contributed by atoms with Crippen LogP contribution >= 0.6 is 0 Å². The first-order valence-corrected chi connectivity index (χ1v) is 6.87. The number of hydrogen-bond donors (Lipinski definition) is 1. The third-order valence-electron chi connectivity index (χ3n) is 3.56. The predicted molar refractivity (Wildman–Crippen MR) is 79.0 cm³/mol. The minimum Gasteiger partial charge on any atom is -0.506 e. The van der Waals surface area contributed by atoms with E-state index in [0.717, 1.165) is 0 Å². The Morgan fingerprint density at radius 2 is 1.86 bits per heavy atom. The van der Waals surface area contributed by atoms with E-state index >= 15 is 0 Å². The highest BCUT2D eigenvalue weighted by molar-refractivity contribution is 6.25. The number of Topliss-reactive ketones (excluding diaryl/α,β-unsaturated/α-hetero) is 1. The number of likely N-dealkylation sites (tertiary alicyclic amines) is 1. The highest BCUT2D eigenvalue weighted by Gasteiger charge is 2.34. The third-order valence-corrected chi connectivity index (χ3v) is 3.56. The molecule has 1 fully saturated rings. The number of aliphatic hydroxyl groups is 1. The first-order chi connectivity index (χ1) is 9.95. The number of methoxy groups -OCH3 is 1. The van der Waals surface area contributed by atoms with Crippen LogP contribution in [0.3, 0.4) is 0 Å². The summed E-state index contributed by atoms with van der Waals surface area (Å²) in [5.41, 5.74) is 0.304. The van der Waals surface area contributed by atoms with Crippen molar-refractivity contribution in [1.82, 2.24) is 4.90 Å². The summed E-state index contributed by atoms with van der Waals surface area (Å²) in [5, 5.41) is 10.3. The molecular weight excluding hydrogens is 270 g/mol. The molecule has 5 nitrogen and oxygen atoms in total. The van der Waals surface area contributed by atoms with Gasteiger partial charge in [0.2, 0.25) is 0 Å². The summed E-state index contributed by atoms with van der Waals surface area (Å²) in [6.07, 6.45) is 0.236. The number of aliphatic hydroxyl groups excluding tert-OH is 1. The Morgan fingerprint density at radius 1 is 1.24 bits per heavy atom. The monoisotopic (exact) mass is 289 g/mol. The van der Waals surface area contributed by atoms with Gasteiger partial charge in [-0.25, -0.2) is 0 Å². The number of ketones is 1. The van der Waals surface area contributed by atoms with Crippen LogP contribution in [0, 0.1) is 0 Å². The molecule has 1 aliphatic rings. The van der Waals surface area contributed by atoms with Gasteiger partial charge in [-0.2, -0.15) is 0 Å². The van der Waals surface area contributed by atoms with Crippen molar-refractivity contribution in [2.45, 2.75) is 26.3 Å². The fourth-order valence-corrected chi connectivity index (χ4v) is 2.33. The van der Waals surface area contributed by atoms with E-state index in [-0.39, 0.29) is 29.6 Å². The molecule has 1 aromatic rings. The minimum atomic E-state index is -0.408. The largest absolute Gasteiger partial charge is 0.506 e. The maximum absolute atomic E-state index is 12.4. The van der Waals surface area contributed by atoms with E-state index in [1.165, 1.54) is 0 Å². The molecule has 1 N–H and O–H groups in total. The summed E-state index contributed by atoms with van der Waals surface area (Å²) in [7, 11) is 1.54. The second kappa shape index (κ2) is 5.99. The summed E-state index contributed by atoms with van der Waals surface area (Å²) in [6, 6.07) is 6.57.